The maximum atomic E-state index is 11.3. The van der Waals surface area contributed by atoms with Crippen molar-refractivity contribution in [2.75, 3.05) is 27.3 Å². The van der Waals surface area contributed by atoms with Crippen LogP contribution in [0.4, 0.5) is 0 Å². The molecule has 1 heterocycles. The number of rotatable bonds is 6. The fourth-order valence-corrected chi connectivity index (χ4v) is 2.14. The van der Waals surface area contributed by atoms with E-state index in [1.807, 2.05) is 12.3 Å². The number of carbonyl (C=O) groups excluding carboxylic acids is 2. The summed E-state index contributed by atoms with van der Waals surface area (Å²) in [5.74, 6) is -0.792. The average molecular weight is 272 g/mol. The number of hydrogen-bond donors (Lipinski definition) is 0. The predicted molar refractivity (Wildman–Crippen MR) is 66.2 cm³/mol. The van der Waals surface area contributed by atoms with Gasteiger partial charge < -0.3 is 9.47 Å². The zero-order valence-corrected chi connectivity index (χ0v) is 11.5. The molecule has 0 aliphatic carbocycles. The van der Waals surface area contributed by atoms with Gasteiger partial charge in [-0.15, -0.1) is 11.3 Å². The molecule has 0 atom stereocenters. The Hall–Kier alpha value is -1.47. The first-order valence-electron chi connectivity index (χ1n) is 5.32. The van der Waals surface area contributed by atoms with Crippen LogP contribution >= 0.6 is 11.3 Å². The summed E-state index contributed by atoms with van der Waals surface area (Å²) in [5.41, 5.74) is 0.922. The molecule has 100 valence electrons. The van der Waals surface area contributed by atoms with Gasteiger partial charge in [0.25, 0.3) is 0 Å². The molecule has 1 aromatic heterocycles. The van der Waals surface area contributed by atoms with Gasteiger partial charge in [-0.2, -0.15) is 0 Å². The van der Waals surface area contributed by atoms with Gasteiger partial charge in [0, 0.05) is 11.1 Å². The molecule has 7 heteroatoms. The van der Waals surface area contributed by atoms with Gasteiger partial charge in [-0.1, -0.05) is 0 Å². The smallest absolute Gasteiger partial charge is 0.319 e. The van der Waals surface area contributed by atoms with E-state index in [0.29, 0.717) is 6.54 Å². The first-order valence-corrected chi connectivity index (χ1v) is 6.20. The Balaban J connectivity index is 2.64. The summed E-state index contributed by atoms with van der Waals surface area (Å²) < 4.78 is 9.18. The van der Waals surface area contributed by atoms with Crippen molar-refractivity contribution in [1.29, 1.82) is 0 Å². The predicted octanol–water partition coefficient (Wildman–Crippen LogP) is 0.600. The normalized spacial score (nSPS) is 10.4. The SMILES string of the molecule is COC(=O)CN(CC(=O)OC)Cc1nc(C)cs1. The highest BCUT2D eigenvalue weighted by atomic mass is 32.1. The highest BCUT2D eigenvalue weighted by Crippen LogP contribution is 2.11. The van der Waals surface area contributed by atoms with E-state index in [1.165, 1.54) is 25.6 Å². The molecule has 0 amide bonds. The van der Waals surface area contributed by atoms with Crippen LogP contribution in [0.5, 0.6) is 0 Å². The maximum Gasteiger partial charge on any atom is 0.319 e. The molecule has 0 aliphatic rings. The standard InChI is InChI=1S/C11H16N2O4S/c1-8-7-18-9(12-8)4-13(5-10(14)16-2)6-11(15)17-3/h7H,4-6H2,1-3H3. The number of esters is 2. The topological polar surface area (TPSA) is 68.7 Å². The molecule has 0 fully saturated rings. The van der Waals surface area contributed by atoms with E-state index >= 15 is 0 Å². The van der Waals surface area contributed by atoms with Crippen LogP contribution in [0.25, 0.3) is 0 Å². The second kappa shape index (κ2) is 7.07. The van der Waals surface area contributed by atoms with E-state index in [1.54, 1.807) is 4.90 Å². The van der Waals surface area contributed by atoms with Crippen molar-refractivity contribution in [3.05, 3.63) is 16.1 Å². The number of aromatic nitrogens is 1. The minimum atomic E-state index is -0.396. The molecule has 0 saturated carbocycles. The van der Waals surface area contributed by atoms with Crippen LogP contribution in [-0.4, -0.2) is 49.1 Å². The maximum absolute atomic E-state index is 11.3. The number of ether oxygens (including phenoxy) is 2. The fraction of sp³-hybridized carbons (Fsp3) is 0.545. The lowest BCUT2D eigenvalue weighted by Crippen LogP contribution is -2.35. The van der Waals surface area contributed by atoms with Crippen LogP contribution in [0.1, 0.15) is 10.7 Å². The molecule has 0 radical (unpaired) electrons. The number of thiazole rings is 1. The molecule has 0 saturated heterocycles. The molecule has 6 nitrogen and oxygen atoms in total. The van der Waals surface area contributed by atoms with Gasteiger partial charge in [0.1, 0.15) is 5.01 Å². The summed E-state index contributed by atoms with van der Waals surface area (Å²) in [6.45, 7) is 2.38. The Kier molecular flexibility index (Phi) is 5.73. The Morgan fingerprint density at radius 2 is 1.83 bits per heavy atom. The highest BCUT2D eigenvalue weighted by Gasteiger charge is 2.17. The molecule has 1 rings (SSSR count). The lowest BCUT2D eigenvalue weighted by molar-refractivity contribution is -0.145. The van der Waals surface area contributed by atoms with E-state index in [9.17, 15) is 9.59 Å². The molecular weight excluding hydrogens is 256 g/mol. The fourth-order valence-electron chi connectivity index (χ4n) is 1.33. The molecule has 18 heavy (non-hydrogen) atoms. The van der Waals surface area contributed by atoms with Crippen LogP contribution in [-0.2, 0) is 25.6 Å². The van der Waals surface area contributed by atoms with Crippen molar-refractivity contribution in [2.24, 2.45) is 0 Å². The molecule has 0 aliphatic heterocycles. The van der Waals surface area contributed by atoms with Crippen LogP contribution in [0.15, 0.2) is 5.38 Å². The van der Waals surface area contributed by atoms with Gasteiger partial charge in [0.05, 0.1) is 33.9 Å². The Morgan fingerprint density at radius 1 is 1.28 bits per heavy atom. The van der Waals surface area contributed by atoms with Crippen molar-refractivity contribution in [1.82, 2.24) is 9.88 Å². The van der Waals surface area contributed by atoms with Crippen LogP contribution < -0.4 is 0 Å². The number of nitrogens with zero attached hydrogens (tertiary/aromatic N) is 2. The van der Waals surface area contributed by atoms with Gasteiger partial charge in [-0.3, -0.25) is 14.5 Å². The second-order valence-corrected chi connectivity index (χ2v) is 4.62. The summed E-state index contributed by atoms with van der Waals surface area (Å²) in [7, 11) is 2.62. The number of hydrogen-bond acceptors (Lipinski definition) is 7. The van der Waals surface area contributed by atoms with Gasteiger partial charge in [0.15, 0.2) is 0 Å². The largest absolute Gasteiger partial charge is 0.468 e. The number of carbonyl (C=O) groups is 2. The van der Waals surface area contributed by atoms with E-state index in [0.717, 1.165) is 10.7 Å². The van der Waals surface area contributed by atoms with Crippen LogP contribution in [0.3, 0.4) is 0 Å². The molecule has 1 aromatic rings. The van der Waals surface area contributed by atoms with Crippen molar-refractivity contribution in [3.8, 4) is 0 Å². The molecule has 0 aromatic carbocycles. The molecule has 0 unspecified atom stereocenters. The molecule has 0 N–H and O–H groups in total. The van der Waals surface area contributed by atoms with Crippen molar-refractivity contribution in [2.45, 2.75) is 13.5 Å². The van der Waals surface area contributed by atoms with E-state index in [4.69, 9.17) is 0 Å². The summed E-state index contributed by atoms with van der Waals surface area (Å²) in [6, 6.07) is 0. The first kappa shape index (κ1) is 14.6. The third kappa shape index (κ3) is 4.80. The van der Waals surface area contributed by atoms with Crippen molar-refractivity contribution < 1.29 is 19.1 Å². The summed E-state index contributed by atoms with van der Waals surface area (Å²) in [4.78, 5) is 28.4. The van der Waals surface area contributed by atoms with E-state index in [2.05, 4.69) is 14.5 Å². The minimum Gasteiger partial charge on any atom is -0.468 e. The second-order valence-electron chi connectivity index (χ2n) is 3.68. The van der Waals surface area contributed by atoms with Gasteiger partial charge in [0.2, 0.25) is 0 Å². The van der Waals surface area contributed by atoms with E-state index < -0.39 is 11.9 Å². The lowest BCUT2D eigenvalue weighted by Gasteiger charge is -2.18. The van der Waals surface area contributed by atoms with Gasteiger partial charge >= 0.3 is 11.9 Å². The zero-order valence-electron chi connectivity index (χ0n) is 10.6. The van der Waals surface area contributed by atoms with Crippen LogP contribution in [0, 0.1) is 6.92 Å². The monoisotopic (exact) mass is 272 g/mol. The van der Waals surface area contributed by atoms with Crippen molar-refractivity contribution in [3.63, 3.8) is 0 Å². The molecular formula is C11H16N2O4S. The molecule has 0 bridgehead atoms. The van der Waals surface area contributed by atoms with Crippen LogP contribution in [0.2, 0.25) is 0 Å². The quantitative estimate of drug-likeness (QED) is 0.706. The first-order chi connectivity index (χ1) is 8.55. The number of aryl methyl sites for hydroxylation is 1. The Bertz CT molecular complexity index is 401. The van der Waals surface area contributed by atoms with Crippen molar-refractivity contribution >= 4 is 23.3 Å². The third-order valence-electron chi connectivity index (χ3n) is 2.19. The average Bonchev–Trinajstić information content (AvgIpc) is 2.74. The van der Waals surface area contributed by atoms with Gasteiger partial charge in [-0.25, -0.2) is 4.98 Å². The highest BCUT2D eigenvalue weighted by molar-refractivity contribution is 7.09. The minimum absolute atomic E-state index is 0.0320. The van der Waals surface area contributed by atoms with Gasteiger partial charge in [-0.05, 0) is 6.92 Å². The summed E-state index contributed by atoms with van der Waals surface area (Å²) in [5, 5.41) is 2.77. The molecule has 0 spiro atoms. The third-order valence-corrected chi connectivity index (χ3v) is 3.14. The number of methoxy groups -OCH3 is 2. The zero-order chi connectivity index (χ0) is 13.5. The Labute approximate surface area is 110 Å². The lowest BCUT2D eigenvalue weighted by atomic mass is 10.4. The summed E-state index contributed by atoms with van der Waals surface area (Å²) >= 11 is 1.49. The Morgan fingerprint density at radius 3 is 2.22 bits per heavy atom. The summed E-state index contributed by atoms with van der Waals surface area (Å²) in [6.07, 6.45) is 0. The van der Waals surface area contributed by atoms with E-state index in [-0.39, 0.29) is 13.1 Å².